The van der Waals surface area contributed by atoms with E-state index in [9.17, 15) is 21.6 Å². The van der Waals surface area contributed by atoms with E-state index in [0.29, 0.717) is 17.1 Å². The molecule has 2 unspecified atom stereocenters. The highest BCUT2D eigenvalue weighted by Gasteiger charge is 2.44. The maximum absolute atomic E-state index is 13.1. The molecule has 0 spiro atoms. The number of hydroxylamine groups is 2. The summed E-state index contributed by atoms with van der Waals surface area (Å²) in [5, 5.41) is 0.398. The first kappa shape index (κ1) is 23.3. The first-order valence-corrected chi connectivity index (χ1v) is 10.8. The van der Waals surface area contributed by atoms with Crippen molar-refractivity contribution in [2.24, 2.45) is 0 Å². The Kier molecular flexibility index (Phi) is 6.79. The number of nitrogens with zero attached hydrogens (tertiary/aromatic N) is 1. The zero-order chi connectivity index (χ0) is 22.8. The maximum Gasteiger partial charge on any atom is 0.416 e. The molecule has 31 heavy (non-hydrogen) atoms. The average molecular weight is 460 g/mol. The van der Waals surface area contributed by atoms with Crippen LogP contribution in [0, 0.1) is 0 Å². The number of sulfonamides is 1. The summed E-state index contributed by atoms with van der Waals surface area (Å²) in [5.41, 5.74) is -0.0930. The van der Waals surface area contributed by atoms with Crippen LogP contribution in [0.25, 0.3) is 0 Å². The smallest absolute Gasteiger partial charge is 0.416 e. The molecule has 1 saturated heterocycles. The first-order valence-electron chi connectivity index (χ1n) is 9.29. The molecule has 11 heteroatoms. The van der Waals surface area contributed by atoms with E-state index in [0.717, 1.165) is 12.1 Å². The van der Waals surface area contributed by atoms with Gasteiger partial charge in [0, 0.05) is 19.2 Å². The zero-order valence-corrected chi connectivity index (χ0v) is 18.0. The predicted molar refractivity (Wildman–Crippen MR) is 107 cm³/mol. The van der Waals surface area contributed by atoms with Crippen molar-refractivity contribution in [2.45, 2.75) is 24.0 Å². The minimum absolute atomic E-state index is 0.126. The number of hydrogen-bond acceptors (Lipinski definition) is 6. The molecule has 3 rings (SSSR count). The van der Waals surface area contributed by atoms with E-state index in [4.69, 9.17) is 14.3 Å². The second kappa shape index (κ2) is 9.03. The van der Waals surface area contributed by atoms with Gasteiger partial charge in [0.05, 0.1) is 32.4 Å². The first-order chi connectivity index (χ1) is 14.6. The lowest BCUT2D eigenvalue weighted by Gasteiger charge is -2.25. The molecule has 0 radical (unpaired) electrons. The minimum Gasteiger partial charge on any atom is -0.493 e. The lowest BCUT2D eigenvalue weighted by Crippen LogP contribution is -2.39. The van der Waals surface area contributed by atoms with E-state index in [1.54, 1.807) is 25.2 Å². The molecule has 2 aromatic rings. The second-order valence-corrected chi connectivity index (χ2v) is 8.96. The van der Waals surface area contributed by atoms with Gasteiger partial charge in [-0.25, -0.2) is 13.1 Å². The van der Waals surface area contributed by atoms with Crippen molar-refractivity contribution in [3.8, 4) is 11.5 Å². The van der Waals surface area contributed by atoms with Gasteiger partial charge in [-0.15, -0.1) is 0 Å². The molecular weight excluding hydrogens is 437 g/mol. The third kappa shape index (κ3) is 4.95. The summed E-state index contributed by atoms with van der Waals surface area (Å²) in [4.78, 5) is 5.48. The van der Waals surface area contributed by atoms with Gasteiger partial charge in [0.2, 0.25) is 10.0 Å². The number of ether oxygens (including phenoxy) is 2. The number of nitrogens with one attached hydrogen (secondary N) is 1. The summed E-state index contributed by atoms with van der Waals surface area (Å²) >= 11 is 0. The van der Waals surface area contributed by atoms with Crippen LogP contribution in [0.1, 0.15) is 22.7 Å². The molecule has 0 saturated carbocycles. The molecule has 7 nitrogen and oxygen atoms in total. The van der Waals surface area contributed by atoms with Gasteiger partial charge in [-0.2, -0.15) is 18.2 Å². The molecule has 170 valence electrons. The summed E-state index contributed by atoms with van der Waals surface area (Å²) < 4.78 is 78.0. The molecule has 2 aromatic carbocycles. The Balaban J connectivity index is 1.86. The van der Waals surface area contributed by atoms with Gasteiger partial charge in [0.25, 0.3) is 0 Å². The van der Waals surface area contributed by atoms with Crippen LogP contribution in [-0.4, -0.2) is 46.6 Å². The number of benzene rings is 2. The van der Waals surface area contributed by atoms with Crippen LogP contribution >= 0.6 is 0 Å². The fourth-order valence-corrected chi connectivity index (χ4v) is 5.02. The molecule has 0 aromatic heterocycles. The van der Waals surface area contributed by atoms with E-state index in [1.807, 2.05) is 0 Å². The van der Waals surface area contributed by atoms with Crippen molar-refractivity contribution in [1.82, 2.24) is 9.79 Å². The van der Waals surface area contributed by atoms with Crippen molar-refractivity contribution in [3.63, 3.8) is 0 Å². The van der Waals surface area contributed by atoms with Gasteiger partial charge >= 0.3 is 6.18 Å². The highest BCUT2D eigenvalue weighted by Crippen LogP contribution is 2.42. The third-order valence-corrected chi connectivity index (χ3v) is 6.81. The molecule has 0 aliphatic carbocycles. The Morgan fingerprint density at radius 2 is 1.87 bits per heavy atom. The van der Waals surface area contributed by atoms with Crippen molar-refractivity contribution >= 4 is 10.0 Å². The van der Waals surface area contributed by atoms with Gasteiger partial charge in [-0.05, 0) is 17.7 Å². The summed E-state index contributed by atoms with van der Waals surface area (Å²) in [6.07, 6.45) is -4.51. The van der Waals surface area contributed by atoms with E-state index < -0.39 is 33.1 Å². The molecule has 0 amide bonds. The number of para-hydroxylation sites is 1. The molecule has 0 bridgehead atoms. The number of methoxy groups -OCH3 is 2. The van der Waals surface area contributed by atoms with Crippen molar-refractivity contribution in [2.75, 3.05) is 27.9 Å². The van der Waals surface area contributed by atoms with Crippen LogP contribution in [0.4, 0.5) is 13.2 Å². The van der Waals surface area contributed by atoms with Gasteiger partial charge in [-0.1, -0.05) is 30.3 Å². The van der Waals surface area contributed by atoms with Crippen LogP contribution in [0.3, 0.4) is 0 Å². The van der Waals surface area contributed by atoms with Crippen LogP contribution in [-0.2, 0) is 27.6 Å². The SMILES string of the molecule is COc1cccc(C2C(S(=O)(=O)NCc3cccc(C(F)(F)F)c3)CON2C)c1OC. The summed E-state index contributed by atoms with van der Waals surface area (Å²) in [6, 6.07) is 8.91. The van der Waals surface area contributed by atoms with Crippen molar-refractivity contribution in [3.05, 3.63) is 59.2 Å². The summed E-state index contributed by atoms with van der Waals surface area (Å²) in [6.45, 7) is -0.409. The fraction of sp³-hybridized carbons (Fsp3) is 0.400. The molecule has 1 fully saturated rings. The molecule has 1 aliphatic heterocycles. The maximum atomic E-state index is 13.1. The molecule has 1 aliphatic rings. The number of hydrogen-bond donors (Lipinski definition) is 1. The van der Waals surface area contributed by atoms with Crippen LogP contribution < -0.4 is 14.2 Å². The van der Waals surface area contributed by atoms with Gasteiger partial charge in [0.15, 0.2) is 11.5 Å². The van der Waals surface area contributed by atoms with Crippen molar-refractivity contribution in [1.29, 1.82) is 0 Å². The van der Waals surface area contributed by atoms with Crippen molar-refractivity contribution < 1.29 is 35.9 Å². The molecule has 1 heterocycles. The lowest BCUT2D eigenvalue weighted by atomic mass is 10.0. The summed E-state index contributed by atoms with van der Waals surface area (Å²) in [5.74, 6) is 0.818. The Morgan fingerprint density at radius 1 is 1.16 bits per heavy atom. The highest BCUT2D eigenvalue weighted by atomic mass is 32.2. The Hall–Kier alpha value is -2.34. The van der Waals surface area contributed by atoms with Crippen LogP contribution in [0.5, 0.6) is 11.5 Å². The molecular formula is C20H23F3N2O5S. The van der Waals surface area contributed by atoms with E-state index in [2.05, 4.69) is 4.72 Å². The second-order valence-electron chi connectivity index (χ2n) is 6.97. The topological polar surface area (TPSA) is 77.1 Å². The van der Waals surface area contributed by atoms with E-state index >= 15 is 0 Å². The third-order valence-electron chi connectivity index (χ3n) is 5.07. The Morgan fingerprint density at radius 3 is 2.52 bits per heavy atom. The van der Waals surface area contributed by atoms with Crippen LogP contribution in [0.2, 0.25) is 0 Å². The largest absolute Gasteiger partial charge is 0.493 e. The zero-order valence-electron chi connectivity index (χ0n) is 17.1. The monoisotopic (exact) mass is 460 g/mol. The highest BCUT2D eigenvalue weighted by molar-refractivity contribution is 7.90. The van der Waals surface area contributed by atoms with E-state index in [1.165, 1.54) is 31.4 Å². The molecule has 1 N–H and O–H groups in total. The molecule has 2 atom stereocenters. The van der Waals surface area contributed by atoms with E-state index in [-0.39, 0.29) is 18.7 Å². The minimum atomic E-state index is -4.51. The lowest BCUT2D eigenvalue weighted by molar-refractivity contribution is -0.137. The number of alkyl halides is 3. The van der Waals surface area contributed by atoms with Crippen LogP contribution in [0.15, 0.2) is 42.5 Å². The Labute approximate surface area is 178 Å². The van der Waals surface area contributed by atoms with Gasteiger partial charge < -0.3 is 9.47 Å². The van der Waals surface area contributed by atoms with Gasteiger partial charge in [-0.3, -0.25) is 4.84 Å². The number of halogens is 3. The summed E-state index contributed by atoms with van der Waals surface area (Å²) in [7, 11) is 0.552. The van der Waals surface area contributed by atoms with Gasteiger partial charge in [0.1, 0.15) is 5.25 Å². The predicted octanol–water partition coefficient (Wildman–Crippen LogP) is 3.13. The Bertz CT molecular complexity index is 1030. The fourth-order valence-electron chi connectivity index (χ4n) is 3.55. The standard InChI is InChI=1S/C20H23F3N2O5S/c1-25-18(15-8-5-9-16(28-2)19(15)29-3)17(12-30-25)31(26,27)24-11-13-6-4-7-14(10-13)20(21,22)23/h4-10,17-18,24H,11-12H2,1-3H3. The normalized spacial score (nSPS) is 20.1. The average Bonchev–Trinajstić information content (AvgIpc) is 3.13. The quantitative estimate of drug-likeness (QED) is 0.684. The number of rotatable bonds is 7.